The van der Waals surface area contributed by atoms with Crippen LogP contribution in [-0.2, 0) is 0 Å². The summed E-state index contributed by atoms with van der Waals surface area (Å²) in [5.74, 6) is 0. The minimum atomic E-state index is 1.19. The van der Waals surface area contributed by atoms with Crippen molar-refractivity contribution in [3.05, 3.63) is 128 Å². The van der Waals surface area contributed by atoms with Gasteiger partial charge in [0.25, 0.3) is 0 Å². The van der Waals surface area contributed by atoms with Crippen LogP contribution in [0.2, 0.25) is 0 Å². The molecule has 6 rings (SSSR count). The lowest BCUT2D eigenvalue weighted by Gasteiger charge is -2.19. The highest BCUT2D eigenvalue weighted by molar-refractivity contribution is 6.22. The molecular weight excluding hydrogens is 386 g/mol. The number of benzene rings is 5. The number of fused-ring (bicyclic) bond motifs is 2. The van der Waals surface area contributed by atoms with E-state index >= 15 is 0 Å². The third-order valence-electron chi connectivity index (χ3n) is 6.18. The van der Waals surface area contributed by atoms with E-state index in [1.807, 2.05) is 12.4 Å². The molecule has 0 aliphatic rings. The van der Waals surface area contributed by atoms with Gasteiger partial charge in [-0.2, -0.15) is 0 Å². The van der Waals surface area contributed by atoms with Crippen molar-refractivity contribution in [3.8, 4) is 33.4 Å². The highest BCUT2D eigenvalue weighted by atomic mass is 14.6. The molecule has 0 saturated heterocycles. The fourth-order valence-corrected chi connectivity index (χ4v) is 4.82. The Morgan fingerprint density at radius 2 is 0.812 bits per heavy atom. The smallest absolute Gasteiger partial charge is 0.0273 e. The molecule has 1 heterocycles. The first-order chi connectivity index (χ1) is 15.9. The first kappa shape index (κ1) is 18.5. The van der Waals surface area contributed by atoms with Gasteiger partial charge in [0.15, 0.2) is 0 Å². The van der Waals surface area contributed by atoms with Crippen LogP contribution in [0.1, 0.15) is 0 Å². The van der Waals surface area contributed by atoms with Gasteiger partial charge in [-0.25, -0.2) is 0 Å². The maximum absolute atomic E-state index is 4.24. The second kappa shape index (κ2) is 7.79. The molecule has 0 aliphatic heterocycles. The van der Waals surface area contributed by atoms with Crippen LogP contribution in [0.4, 0.5) is 0 Å². The van der Waals surface area contributed by atoms with Gasteiger partial charge in [0.1, 0.15) is 0 Å². The quantitative estimate of drug-likeness (QED) is 0.268. The zero-order valence-electron chi connectivity index (χ0n) is 17.6. The molecule has 0 N–H and O–H groups in total. The Bertz CT molecular complexity index is 1490. The van der Waals surface area contributed by atoms with E-state index in [-0.39, 0.29) is 0 Å². The first-order valence-corrected chi connectivity index (χ1v) is 10.9. The molecule has 0 radical (unpaired) electrons. The van der Waals surface area contributed by atoms with Crippen LogP contribution >= 0.6 is 0 Å². The molecule has 32 heavy (non-hydrogen) atoms. The van der Waals surface area contributed by atoms with Gasteiger partial charge in [-0.1, -0.05) is 103 Å². The number of hydrogen-bond acceptors (Lipinski definition) is 1. The predicted molar refractivity (Wildman–Crippen MR) is 136 cm³/mol. The van der Waals surface area contributed by atoms with Gasteiger partial charge in [-0.15, -0.1) is 0 Å². The third-order valence-corrected chi connectivity index (χ3v) is 6.18. The minimum Gasteiger partial charge on any atom is -0.265 e. The summed E-state index contributed by atoms with van der Waals surface area (Å²) in [6.45, 7) is 0. The number of nitrogens with zero attached hydrogens (tertiary/aromatic N) is 1. The summed E-state index contributed by atoms with van der Waals surface area (Å²) in [5, 5.41) is 5.05. The number of pyridine rings is 1. The van der Waals surface area contributed by atoms with Gasteiger partial charge in [0.2, 0.25) is 0 Å². The van der Waals surface area contributed by atoms with Crippen LogP contribution < -0.4 is 0 Å². The Morgan fingerprint density at radius 1 is 0.344 bits per heavy atom. The maximum Gasteiger partial charge on any atom is 0.0273 e. The molecule has 0 bridgehead atoms. The maximum atomic E-state index is 4.24. The molecule has 0 saturated carbocycles. The molecule has 0 unspecified atom stereocenters. The second-order valence-electron chi connectivity index (χ2n) is 7.99. The lowest BCUT2D eigenvalue weighted by atomic mass is 9.84. The SMILES string of the molecule is c1ccc(-c2ccccc2-c2c3ccccc3c(-c3ccncc3)c3ccccc23)cc1. The van der Waals surface area contributed by atoms with Crippen molar-refractivity contribution in [2.45, 2.75) is 0 Å². The Kier molecular flexibility index (Phi) is 4.51. The standard InChI is InChI=1S/C31H21N/c1-2-10-22(11-3-1)24-12-4-5-13-25(24)31-28-16-8-6-14-26(28)30(23-18-20-32-21-19-23)27-15-7-9-17-29(27)31/h1-21H. The van der Waals surface area contributed by atoms with Crippen molar-refractivity contribution in [1.29, 1.82) is 0 Å². The number of rotatable bonds is 3. The van der Waals surface area contributed by atoms with Crippen LogP contribution in [-0.4, -0.2) is 4.98 Å². The summed E-state index contributed by atoms with van der Waals surface area (Å²) in [4.78, 5) is 4.24. The second-order valence-corrected chi connectivity index (χ2v) is 7.99. The van der Waals surface area contributed by atoms with Gasteiger partial charge in [0.05, 0.1) is 0 Å². The fourth-order valence-electron chi connectivity index (χ4n) is 4.82. The van der Waals surface area contributed by atoms with Crippen molar-refractivity contribution in [2.75, 3.05) is 0 Å². The monoisotopic (exact) mass is 407 g/mol. The van der Waals surface area contributed by atoms with Gasteiger partial charge in [0, 0.05) is 12.4 Å². The molecule has 0 aliphatic carbocycles. The molecule has 1 nitrogen and oxygen atoms in total. The van der Waals surface area contributed by atoms with Crippen LogP contribution in [0, 0.1) is 0 Å². The van der Waals surface area contributed by atoms with Gasteiger partial charge >= 0.3 is 0 Å². The number of hydrogen-bond donors (Lipinski definition) is 0. The third kappa shape index (κ3) is 2.99. The Morgan fingerprint density at radius 3 is 1.41 bits per heavy atom. The Hall–Kier alpha value is -4.23. The van der Waals surface area contributed by atoms with Crippen molar-refractivity contribution in [3.63, 3.8) is 0 Å². The van der Waals surface area contributed by atoms with Gasteiger partial charge in [-0.3, -0.25) is 4.98 Å². The van der Waals surface area contributed by atoms with Crippen molar-refractivity contribution >= 4 is 21.5 Å². The lowest BCUT2D eigenvalue weighted by molar-refractivity contribution is 1.33. The summed E-state index contributed by atoms with van der Waals surface area (Å²) in [5.41, 5.74) is 7.48. The highest BCUT2D eigenvalue weighted by Gasteiger charge is 2.18. The number of aromatic nitrogens is 1. The zero-order chi connectivity index (χ0) is 21.3. The van der Waals surface area contributed by atoms with Crippen LogP contribution in [0.5, 0.6) is 0 Å². The normalized spacial score (nSPS) is 11.1. The summed E-state index contributed by atoms with van der Waals surface area (Å²) >= 11 is 0. The largest absolute Gasteiger partial charge is 0.265 e. The lowest BCUT2D eigenvalue weighted by Crippen LogP contribution is -1.92. The summed E-state index contributed by atoms with van der Waals surface area (Å²) < 4.78 is 0. The van der Waals surface area contributed by atoms with Crippen molar-refractivity contribution in [1.82, 2.24) is 4.98 Å². The van der Waals surface area contributed by atoms with Crippen molar-refractivity contribution in [2.24, 2.45) is 0 Å². The molecule has 0 amide bonds. The molecule has 0 atom stereocenters. The average Bonchev–Trinajstić information content (AvgIpc) is 2.88. The molecule has 5 aromatic carbocycles. The van der Waals surface area contributed by atoms with E-state index in [1.54, 1.807) is 0 Å². The molecule has 1 heteroatoms. The summed E-state index contributed by atoms with van der Waals surface area (Å²) in [7, 11) is 0. The van der Waals surface area contributed by atoms with Crippen LogP contribution in [0.15, 0.2) is 128 Å². The van der Waals surface area contributed by atoms with E-state index < -0.39 is 0 Å². The van der Waals surface area contributed by atoms with E-state index in [0.29, 0.717) is 0 Å². The van der Waals surface area contributed by atoms with E-state index in [4.69, 9.17) is 0 Å². The highest BCUT2D eigenvalue weighted by Crippen LogP contribution is 2.45. The summed E-state index contributed by atoms with van der Waals surface area (Å²) in [6.07, 6.45) is 3.75. The molecule has 1 aromatic heterocycles. The van der Waals surface area contributed by atoms with Gasteiger partial charge in [-0.05, 0) is 67.1 Å². The summed E-state index contributed by atoms with van der Waals surface area (Å²) in [6, 6.07) is 41.2. The predicted octanol–water partition coefficient (Wildman–Crippen LogP) is 8.39. The van der Waals surface area contributed by atoms with E-state index in [0.717, 1.165) is 0 Å². The molecule has 150 valence electrons. The van der Waals surface area contributed by atoms with Crippen LogP contribution in [0.3, 0.4) is 0 Å². The molecule has 0 spiro atoms. The average molecular weight is 408 g/mol. The zero-order valence-corrected chi connectivity index (χ0v) is 17.6. The Labute approximate surface area is 187 Å². The van der Waals surface area contributed by atoms with Gasteiger partial charge < -0.3 is 0 Å². The van der Waals surface area contributed by atoms with Crippen LogP contribution in [0.25, 0.3) is 54.9 Å². The van der Waals surface area contributed by atoms with E-state index in [1.165, 1.54) is 54.9 Å². The first-order valence-electron chi connectivity index (χ1n) is 10.9. The Balaban J connectivity index is 1.79. The molecule has 0 fully saturated rings. The molecular formula is C31H21N. The minimum absolute atomic E-state index is 1.19. The van der Waals surface area contributed by atoms with E-state index in [9.17, 15) is 0 Å². The molecule has 6 aromatic rings. The fraction of sp³-hybridized carbons (Fsp3) is 0. The van der Waals surface area contributed by atoms with Crippen molar-refractivity contribution < 1.29 is 0 Å². The topological polar surface area (TPSA) is 12.9 Å². The van der Waals surface area contributed by atoms with E-state index in [2.05, 4.69) is 120 Å².